The molecular weight excluding hydrogens is 224 g/mol. The molecule has 2 rings (SSSR count). The second-order valence-electron chi connectivity index (χ2n) is 3.87. The van der Waals surface area contributed by atoms with Gasteiger partial charge in [-0.2, -0.15) is 11.8 Å². The first-order chi connectivity index (χ1) is 7.38. The van der Waals surface area contributed by atoms with Gasteiger partial charge in [0.05, 0.1) is 0 Å². The van der Waals surface area contributed by atoms with Gasteiger partial charge in [-0.15, -0.1) is 11.3 Å². The first-order valence-corrected chi connectivity index (χ1v) is 7.60. The van der Waals surface area contributed by atoms with Gasteiger partial charge in [0.25, 0.3) is 0 Å². The third kappa shape index (κ3) is 3.47. The first-order valence-electron chi connectivity index (χ1n) is 5.63. The molecule has 1 aromatic heterocycles. The summed E-state index contributed by atoms with van der Waals surface area (Å²) >= 11 is 3.91. The molecule has 0 bridgehead atoms. The maximum atomic E-state index is 4.42. The molecular formula is C11H18N2S2. The Morgan fingerprint density at radius 2 is 2.53 bits per heavy atom. The zero-order valence-electron chi connectivity index (χ0n) is 9.16. The van der Waals surface area contributed by atoms with Crippen LogP contribution in [0.4, 0.5) is 0 Å². The quantitative estimate of drug-likeness (QED) is 0.879. The minimum absolute atomic E-state index is 0.706. The van der Waals surface area contributed by atoms with Crippen molar-refractivity contribution in [2.45, 2.75) is 38.8 Å². The Balaban J connectivity index is 1.76. The number of aromatic nitrogens is 1. The lowest BCUT2D eigenvalue weighted by Gasteiger charge is -2.21. The van der Waals surface area contributed by atoms with E-state index in [4.69, 9.17) is 0 Å². The molecule has 1 aliphatic heterocycles. The molecule has 84 valence electrons. The predicted molar refractivity (Wildman–Crippen MR) is 68.7 cm³/mol. The fourth-order valence-electron chi connectivity index (χ4n) is 1.73. The molecule has 0 amide bonds. The third-order valence-corrected chi connectivity index (χ3v) is 5.01. The van der Waals surface area contributed by atoms with Crippen molar-refractivity contribution in [3.8, 4) is 0 Å². The summed E-state index contributed by atoms with van der Waals surface area (Å²) in [5.41, 5.74) is 0. The van der Waals surface area contributed by atoms with Crippen LogP contribution >= 0.6 is 23.1 Å². The monoisotopic (exact) mass is 242 g/mol. The molecule has 0 saturated carbocycles. The van der Waals surface area contributed by atoms with E-state index in [1.54, 1.807) is 0 Å². The van der Waals surface area contributed by atoms with Crippen LogP contribution in [0.25, 0.3) is 0 Å². The maximum Gasteiger partial charge on any atom is 0.107 e. The smallest absolute Gasteiger partial charge is 0.107 e. The molecule has 2 heterocycles. The van der Waals surface area contributed by atoms with Crippen LogP contribution in [0, 0.1) is 0 Å². The number of thiazole rings is 1. The Labute approximate surface area is 99.9 Å². The van der Waals surface area contributed by atoms with Gasteiger partial charge >= 0.3 is 0 Å². The molecule has 0 spiro atoms. The van der Waals surface area contributed by atoms with E-state index >= 15 is 0 Å². The molecule has 0 aromatic carbocycles. The third-order valence-electron chi connectivity index (χ3n) is 2.65. The Morgan fingerprint density at radius 3 is 3.20 bits per heavy atom. The number of nitrogens with one attached hydrogen (secondary N) is 1. The number of thioether (sulfide) groups is 1. The SMILES string of the molecule is CCc1cnc(CNC2CCCSC2)s1. The number of rotatable bonds is 4. The van der Waals surface area contributed by atoms with Gasteiger partial charge in [-0.05, 0) is 25.0 Å². The van der Waals surface area contributed by atoms with Crippen molar-refractivity contribution < 1.29 is 0 Å². The van der Waals surface area contributed by atoms with Crippen LogP contribution in [0.1, 0.15) is 29.7 Å². The van der Waals surface area contributed by atoms with Crippen LogP contribution in [0.15, 0.2) is 6.20 Å². The number of hydrogen-bond donors (Lipinski definition) is 1. The molecule has 2 nitrogen and oxygen atoms in total. The van der Waals surface area contributed by atoms with Gasteiger partial charge in [0.15, 0.2) is 0 Å². The molecule has 1 saturated heterocycles. The van der Waals surface area contributed by atoms with E-state index < -0.39 is 0 Å². The van der Waals surface area contributed by atoms with E-state index in [9.17, 15) is 0 Å². The number of aryl methyl sites for hydroxylation is 1. The van der Waals surface area contributed by atoms with Crippen molar-refractivity contribution in [3.05, 3.63) is 16.1 Å². The van der Waals surface area contributed by atoms with E-state index in [-0.39, 0.29) is 0 Å². The van der Waals surface area contributed by atoms with Gasteiger partial charge in [-0.1, -0.05) is 6.92 Å². The molecule has 0 radical (unpaired) electrons. The van der Waals surface area contributed by atoms with Crippen LogP contribution in [-0.4, -0.2) is 22.5 Å². The van der Waals surface area contributed by atoms with Crippen LogP contribution in [-0.2, 0) is 13.0 Å². The molecule has 4 heteroatoms. The minimum atomic E-state index is 0.706. The van der Waals surface area contributed by atoms with Gasteiger partial charge in [0, 0.05) is 29.4 Å². The molecule has 1 atom stereocenters. The second kappa shape index (κ2) is 5.87. The summed E-state index contributed by atoms with van der Waals surface area (Å²) in [5.74, 6) is 2.61. The highest BCUT2D eigenvalue weighted by atomic mass is 32.2. The maximum absolute atomic E-state index is 4.42. The van der Waals surface area contributed by atoms with E-state index in [2.05, 4.69) is 29.0 Å². The zero-order valence-corrected chi connectivity index (χ0v) is 10.8. The molecule has 1 unspecified atom stereocenters. The summed E-state index contributed by atoms with van der Waals surface area (Å²) in [6.45, 7) is 3.14. The molecule has 15 heavy (non-hydrogen) atoms. The van der Waals surface area contributed by atoms with E-state index in [0.717, 1.165) is 13.0 Å². The lowest BCUT2D eigenvalue weighted by Crippen LogP contribution is -2.33. The minimum Gasteiger partial charge on any atom is -0.307 e. The van der Waals surface area contributed by atoms with Crippen molar-refractivity contribution in [2.75, 3.05) is 11.5 Å². The van der Waals surface area contributed by atoms with Crippen molar-refractivity contribution in [3.63, 3.8) is 0 Å². The molecule has 1 fully saturated rings. The summed E-state index contributed by atoms with van der Waals surface area (Å²) in [4.78, 5) is 5.81. The fraction of sp³-hybridized carbons (Fsp3) is 0.727. The van der Waals surface area contributed by atoms with Crippen LogP contribution in [0.5, 0.6) is 0 Å². The van der Waals surface area contributed by atoms with Gasteiger partial charge in [-0.3, -0.25) is 0 Å². The Hall–Kier alpha value is -0.0600. The Kier molecular flexibility index (Phi) is 4.47. The standard InChI is InChI=1S/C11H18N2S2/c1-2-10-6-13-11(15-10)7-12-9-4-3-5-14-8-9/h6,9,12H,2-5,7-8H2,1H3. The Morgan fingerprint density at radius 1 is 1.60 bits per heavy atom. The second-order valence-corrected chi connectivity index (χ2v) is 6.22. The molecule has 1 aromatic rings. The normalized spacial score (nSPS) is 21.8. The summed E-state index contributed by atoms with van der Waals surface area (Å²) < 4.78 is 0. The van der Waals surface area contributed by atoms with Gasteiger partial charge in [-0.25, -0.2) is 4.98 Å². The number of nitrogens with zero attached hydrogens (tertiary/aromatic N) is 1. The van der Waals surface area contributed by atoms with E-state index in [1.807, 2.05) is 17.5 Å². The summed E-state index contributed by atoms with van der Waals surface area (Å²) in [7, 11) is 0. The van der Waals surface area contributed by atoms with Crippen molar-refractivity contribution in [1.82, 2.24) is 10.3 Å². The highest BCUT2D eigenvalue weighted by Crippen LogP contribution is 2.18. The zero-order chi connectivity index (χ0) is 10.5. The summed E-state index contributed by atoms with van der Waals surface area (Å²) in [5, 5.41) is 4.84. The van der Waals surface area contributed by atoms with Crippen LogP contribution in [0.3, 0.4) is 0 Å². The van der Waals surface area contributed by atoms with E-state index in [0.29, 0.717) is 6.04 Å². The average Bonchev–Trinajstić information content (AvgIpc) is 2.76. The summed E-state index contributed by atoms with van der Waals surface area (Å²) in [6, 6.07) is 0.706. The lowest BCUT2D eigenvalue weighted by atomic mass is 10.2. The molecule has 1 N–H and O–H groups in total. The molecule has 1 aliphatic rings. The van der Waals surface area contributed by atoms with E-state index in [1.165, 1.54) is 34.2 Å². The average molecular weight is 242 g/mol. The van der Waals surface area contributed by atoms with Crippen molar-refractivity contribution in [1.29, 1.82) is 0 Å². The first kappa shape index (κ1) is 11.4. The molecule has 0 aliphatic carbocycles. The van der Waals surface area contributed by atoms with Gasteiger partial charge in [0.2, 0.25) is 0 Å². The fourth-order valence-corrected chi connectivity index (χ4v) is 3.65. The number of hydrogen-bond acceptors (Lipinski definition) is 4. The highest BCUT2D eigenvalue weighted by molar-refractivity contribution is 7.99. The van der Waals surface area contributed by atoms with Crippen molar-refractivity contribution >= 4 is 23.1 Å². The lowest BCUT2D eigenvalue weighted by molar-refractivity contribution is 0.507. The van der Waals surface area contributed by atoms with Crippen molar-refractivity contribution in [2.24, 2.45) is 0 Å². The largest absolute Gasteiger partial charge is 0.307 e. The van der Waals surface area contributed by atoms with Crippen LogP contribution in [0.2, 0.25) is 0 Å². The summed E-state index contributed by atoms with van der Waals surface area (Å²) in [6.07, 6.45) is 5.81. The van der Waals surface area contributed by atoms with Gasteiger partial charge < -0.3 is 5.32 Å². The predicted octanol–water partition coefficient (Wildman–Crippen LogP) is 2.69. The van der Waals surface area contributed by atoms with Gasteiger partial charge in [0.1, 0.15) is 5.01 Å². The Bertz CT molecular complexity index is 293. The topological polar surface area (TPSA) is 24.9 Å². The van der Waals surface area contributed by atoms with Crippen LogP contribution < -0.4 is 5.32 Å². The highest BCUT2D eigenvalue weighted by Gasteiger charge is 2.13.